The zero-order valence-corrected chi connectivity index (χ0v) is 22.5. The summed E-state index contributed by atoms with van der Waals surface area (Å²) in [6, 6.07) is 0.931. The molecule has 21 nitrogen and oxygen atoms in total. The first-order valence-electron chi connectivity index (χ1n) is 11.8. The molecule has 2 fully saturated rings. The van der Waals surface area contributed by atoms with Crippen LogP contribution in [0.15, 0.2) is 33.0 Å². The molecule has 3 aromatic rings. The van der Waals surface area contributed by atoms with Crippen molar-refractivity contribution < 1.29 is 54.1 Å². The molecule has 0 amide bonds. The van der Waals surface area contributed by atoms with Gasteiger partial charge < -0.3 is 50.7 Å². The molecule has 2 saturated heterocycles. The fourth-order valence-corrected chi connectivity index (χ4v) is 6.18. The zero-order chi connectivity index (χ0) is 30.7. The Bertz CT molecular complexity index is 1710. The second-order valence-electron chi connectivity index (χ2n) is 9.23. The lowest BCUT2D eigenvalue weighted by Crippen LogP contribution is -2.49. The van der Waals surface area contributed by atoms with Gasteiger partial charge in [0.2, 0.25) is 11.7 Å². The number of ether oxygens (including phenoxy) is 2. The van der Waals surface area contributed by atoms with E-state index in [9.17, 15) is 49.9 Å². The van der Waals surface area contributed by atoms with Crippen LogP contribution in [0, 0.1) is 0 Å². The van der Waals surface area contributed by atoms with Gasteiger partial charge in [-0.05, 0) is 11.8 Å². The number of nitrogens with one attached hydrogen (secondary N) is 2. The van der Waals surface area contributed by atoms with Crippen molar-refractivity contribution in [3.05, 3.63) is 49.8 Å². The number of hydrogen-bond acceptors (Lipinski definition) is 17. The van der Waals surface area contributed by atoms with Gasteiger partial charge >= 0.3 is 12.4 Å². The second kappa shape index (κ2) is 10.9. The van der Waals surface area contributed by atoms with Crippen LogP contribution >= 0.6 is 6.72 Å². The maximum Gasteiger partial charge on any atom is 0.330 e. The summed E-state index contributed by atoms with van der Waals surface area (Å²) >= 11 is 4.90. The number of aliphatic hydroxyl groups is 6. The van der Waals surface area contributed by atoms with E-state index in [0.717, 1.165) is 23.2 Å². The molecule has 0 radical (unpaired) electrons. The first-order valence-corrected chi connectivity index (χ1v) is 14.4. The van der Waals surface area contributed by atoms with Crippen molar-refractivity contribution in [2.45, 2.75) is 55.1 Å². The van der Waals surface area contributed by atoms with Crippen LogP contribution in [0.2, 0.25) is 0 Å². The largest absolute Gasteiger partial charge is 0.394 e. The molecule has 2 aliphatic rings. The third-order valence-corrected chi connectivity index (χ3v) is 7.99. The van der Waals surface area contributed by atoms with E-state index in [1.807, 2.05) is 4.98 Å². The molecule has 0 spiro atoms. The van der Waals surface area contributed by atoms with Gasteiger partial charge in [0.1, 0.15) is 30.5 Å². The smallest absolute Gasteiger partial charge is 0.330 e. The zero-order valence-electron chi connectivity index (χ0n) is 20.8. The molecule has 0 aliphatic carbocycles. The minimum Gasteiger partial charge on any atom is -0.394 e. The van der Waals surface area contributed by atoms with Crippen molar-refractivity contribution in [2.24, 2.45) is 0 Å². The summed E-state index contributed by atoms with van der Waals surface area (Å²) < 4.78 is 22.6. The molecule has 230 valence electrons. The van der Waals surface area contributed by atoms with Gasteiger partial charge in [-0.15, -0.1) is 0 Å². The maximum atomic E-state index is 12.2. The van der Waals surface area contributed by atoms with Gasteiger partial charge in [0, 0.05) is 12.3 Å². The van der Waals surface area contributed by atoms with Crippen LogP contribution in [0.4, 0.5) is 5.95 Å². The summed E-state index contributed by atoms with van der Waals surface area (Å²) in [6.07, 6.45) is -13.3. The predicted molar refractivity (Wildman–Crippen MR) is 136 cm³/mol. The second-order valence-corrected chi connectivity index (χ2v) is 11.9. The average Bonchev–Trinajstić information content (AvgIpc) is 3.51. The van der Waals surface area contributed by atoms with E-state index < -0.39 is 85.2 Å². The summed E-state index contributed by atoms with van der Waals surface area (Å²) in [4.78, 5) is 58.3. The number of aliphatic hydroxyl groups excluding tert-OH is 5. The molecule has 6 unspecified atom stereocenters. The molecule has 0 saturated carbocycles. The molecule has 5 rings (SSSR count). The number of nitrogens with zero attached hydrogens (tertiary/aromatic N) is 4. The minimum atomic E-state index is -4.89. The predicted octanol–water partition coefficient (Wildman–Crippen LogP) is -5.62. The lowest BCUT2D eigenvalue weighted by Gasteiger charge is -2.34. The van der Waals surface area contributed by atoms with E-state index in [4.69, 9.17) is 36.1 Å². The third kappa shape index (κ3) is 5.22. The molecule has 42 heavy (non-hydrogen) atoms. The van der Waals surface area contributed by atoms with E-state index in [-0.39, 0.29) is 17.1 Å². The topological polar surface area (TPSA) is 323 Å². The fourth-order valence-electron chi connectivity index (χ4n) is 4.55. The quantitative estimate of drug-likeness (QED) is 0.0812. The summed E-state index contributed by atoms with van der Waals surface area (Å²) in [5.41, 5.74) is 2.51. The SMILES string of the molecule is Nc1nc2c(ncn2[C@@H]2O[C@H](CO)C(O)C2(O)OP(O)(=S)OC(O)[C@@H]2O[C@H](n3ccc(=O)[nH]c3=O)C(O)C2O)c(=O)[nH]1. The van der Waals surface area contributed by atoms with Crippen molar-refractivity contribution in [1.29, 1.82) is 0 Å². The van der Waals surface area contributed by atoms with Crippen molar-refractivity contribution in [1.82, 2.24) is 29.1 Å². The molecule has 2 aliphatic heterocycles. The summed E-state index contributed by atoms with van der Waals surface area (Å²) in [6.45, 7) is -5.77. The van der Waals surface area contributed by atoms with Crippen molar-refractivity contribution in [3.8, 4) is 0 Å². The Balaban J connectivity index is 1.40. The molecule has 3 aromatic heterocycles. The number of hydrogen-bond donors (Lipinski definition) is 10. The number of imidazole rings is 1. The van der Waals surface area contributed by atoms with E-state index in [1.165, 1.54) is 0 Å². The van der Waals surface area contributed by atoms with Gasteiger partial charge in [0.05, 0.1) is 12.9 Å². The highest BCUT2D eigenvalue weighted by molar-refractivity contribution is 8.07. The Hall–Kier alpha value is -2.96. The summed E-state index contributed by atoms with van der Waals surface area (Å²) in [5, 5.41) is 63.2. The number of fused-ring (bicyclic) bond motifs is 1. The number of H-pyrrole nitrogens is 2. The van der Waals surface area contributed by atoms with Crippen molar-refractivity contribution >= 4 is 35.6 Å². The lowest BCUT2D eigenvalue weighted by molar-refractivity contribution is -0.240. The van der Waals surface area contributed by atoms with Crippen LogP contribution in [0.25, 0.3) is 11.2 Å². The van der Waals surface area contributed by atoms with Crippen LogP contribution in [-0.2, 0) is 30.3 Å². The molecule has 0 bridgehead atoms. The Morgan fingerprint density at radius 3 is 2.57 bits per heavy atom. The van der Waals surface area contributed by atoms with Gasteiger partial charge in [-0.25, -0.2) is 9.78 Å². The Morgan fingerprint density at radius 1 is 1.19 bits per heavy atom. The van der Waals surface area contributed by atoms with Crippen LogP contribution in [-0.4, -0.2) is 114 Å². The number of nitrogen functional groups attached to an aromatic ring is 1. The van der Waals surface area contributed by atoms with Crippen LogP contribution in [0.3, 0.4) is 0 Å². The average molecular weight is 637 g/mol. The van der Waals surface area contributed by atoms with Gasteiger partial charge in [0.15, 0.2) is 29.9 Å². The standard InChI is InChI=1S/C19H24N7O14PS/c20-17-23-12-7(13(32)24-17)21-4-26(12)16-19(35,11(31)5(3-27)37-16)40-41(36,42)39-15(33)10-8(29)9(30)14(38-10)25-2-1-6(28)22-18(25)34/h1-2,4-5,8-11,14-16,27,29-31,33,35H,3H2,(H,36,42)(H,22,28,34)(H3,20,23,24,32)/t5-,8?,9?,10-,11?,14+,15?,16-,19?,41?/m1/s1. The highest BCUT2D eigenvalue weighted by Crippen LogP contribution is 2.55. The Morgan fingerprint density at radius 2 is 1.90 bits per heavy atom. The Kier molecular flexibility index (Phi) is 7.95. The number of anilines is 1. The van der Waals surface area contributed by atoms with E-state index in [0.29, 0.717) is 4.57 Å². The third-order valence-electron chi connectivity index (χ3n) is 6.50. The summed E-state index contributed by atoms with van der Waals surface area (Å²) in [5.74, 6) is -3.40. The van der Waals surface area contributed by atoms with E-state index >= 15 is 0 Å². The Labute approximate surface area is 236 Å². The number of aromatic nitrogens is 6. The fraction of sp³-hybridized carbons (Fsp3) is 0.526. The van der Waals surface area contributed by atoms with Gasteiger partial charge in [-0.2, -0.15) is 4.98 Å². The minimum absolute atomic E-state index is 0.263. The van der Waals surface area contributed by atoms with Crippen LogP contribution in [0.5, 0.6) is 0 Å². The van der Waals surface area contributed by atoms with Crippen molar-refractivity contribution in [3.63, 3.8) is 0 Å². The van der Waals surface area contributed by atoms with Gasteiger partial charge in [0.25, 0.3) is 11.1 Å². The highest BCUT2D eigenvalue weighted by atomic mass is 32.5. The molecular formula is C19H24N7O14PS. The molecule has 11 N–H and O–H groups in total. The number of nitrogens with two attached hydrogens (primary N) is 1. The molecule has 0 aromatic carbocycles. The van der Waals surface area contributed by atoms with E-state index in [1.54, 1.807) is 0 Å². The molecule has 23 heteroatoms. The van der Waals surface area contributed by atoms with E-state index in [2.05, 4.69) is 15.0 Å². The first kappa shape index (κ1) is 30.5. The lowest BCUT2D eigenvalue weighted by atomic mass is 10.1. The monoisotopic (exact) mass is 637 g/mol. The maximum absolute atomic E-state index is 12.2. The van der Waals surface area contributed by atoms with Crippen molar-refractivity contribution in [2.75, 3.05) is 12.3 Å². The number of rotatable bonds is 8. The first-order chi connectivity index (χ1) is 19.7. The number of aromatic amines is 2. The normalized spacial score (nSPS) is 33.6. The molecule has 10 atom stereocenters. The van der Waals surface area contributed by atoms with Crippen LogP contribution in [0.1, 0.15) is 12.5 Å². The molecular weight excluding hydrogens is 613 g/mol. The highest BCUT2D eigenvalue weighted by Gasteiger charge is 2.61. The molecule has 5 heterocycles. The van der Waals surface area contributed by atoms with Gasteiger partial charge in [-0.3, -0.25) is 37.7 Å². The summed E-state index contributed by atoms with van der Waals surface area (Å²) in [7, 11) is 0. The van der Waals surface area contributed by atoms with Crippen LogP contribution < -0.4 is 22.5 Å². The van der Waals surface area contributed by atoms with Gasteiger partial charge in [-0.1, -0.05) is 0 Å².